The van der Waals surface area contributed by atoms with E-state index in [0.29, 0.717) is 10.0 Å². The van der Waals surface area contributed by atoms with Crippen molar-refractivity contribution in [3.63, 3.8) is 0 Å². The number of fused-ring (bicyclic) bond motifs is 1. The molecule has 0 spiro atoms. The summed E-state index contributed by atoms with van der Waals surface area (Å²) in [6.45, 7) is 7.04. The van der Waals surface area contributed by atoms with E-state index in [9.17, 15) is 0 Å². The molecule has 0 amide bonds. The van der Waals surface area contributed by atoms with Gasteiger partial charge in [0.1, 0.15) is 0 Å². The SMILES string of the molecule is Cc1nn(C)c(C)c1[C@@H](C)NCc1cc2cc(Cl)c(Cl)cc2[nH]1. The van der Waals surface area contributed by atoms with Gasteiger partial charge in [-0.25, -0.2) is 0 Å². The lowest BCUT2D eigenvalue weighted by molar-refractivity contribution is 0.564. The molecule has 0 saturated heterocycles. The second-order valence-electron chi connectivity index (χ2n) is 5.96. The van der Waals surface area contributed by atoms with Crippen LogP contribution < -0.4 is 5.32 Å². The molecule has 0 fully saturated rings. The smallest absolute Gasteiger partial charge is 0.0644 e. The maximum absolute atomic E-state index is 6.07. The summed E-state index contributed by atoms with van der Waals surface area (Å²) in [4.78, 5) is 3.38. The van der Waals surface area contributed by atoms with Crippen molar-refractivity contribution >= 4 is 34.1 Å². The molecule has 122 valence electrons. The van der Waals surface area contributed by atoms with Gasteiger partial charge in [-0.1, -0.05) is 23.2 Å². The number of hydrogen-bond acceptors (Lipinski definition) is 2. The van der Waals surface area contributed by atoms with E-state index in [4.69, 9.17) is 23.2 Å². The van der Waals surface area contributed by atoms with Crippen molar-refractivity contribution in [3.8, 4) is 0 Å². The predicted molar refractivity (Wildman–Crippen MR) is 96.3 cm³/mol. The highest BCUT2D eigenvalue weighted by molar-refractivity contribution is 6.42. The average molecular weight is 351 g/mol. The Hall–Kier alpha value is -1.49. The summed E-state index contributed by atoms with van der Waals surface area (Å²) >= 11 is 12.1. The first kappa shape index (κ1) is 16.4. The molecule has 4 nitrogen and oxygen atoms in total. The second kappa shape index (κ2) is 6.19. The Kier molecular flexibility index (Phi) is 4.41. The lowest BCUT2D eigenvalue weighted by atomic mass is 10.1. The van der Waals surface area contributed by atoms with Crippen LogP contribution in [0.4, 0.5) is 0 Å². The van der Waals surface area contributed by atoms with Gasteiger partial charge in [-0.15, -0.1) is 0 Å². The average Bonchev–Trinajstić information content (AvgIpc) is 2.98. The molecule has 0 aliphatic carbocycles. The third-order valence-corrected chi connectivity index (χ3v) is 5.04. The van der Waals surface area contributed by atoms with Gasteiger partial charge >= 0.3 is 0 Å². The molecule has 2 aromatic heterocycles. The number of rotatable bonds is 4. The van der Waals surface area contributed by atoms with Gasteiger partial charge < -0.3 is 10.3 Å². The van der Waals surface area contributed by atoms with Crippen molar-refractivity contribution in [3.05, 3.63) is 50.9 Å². The fourth-order valence-corrected chi connectivity index (χ4v) is 3.40. The maximum Gasteiger partial charge on any atom is 0.0644 e. The van der Waals surface area contributed by atoms with E-state index in [1.54, 1.807) is 0 Å². The monoisotopic (exact) mass is 350 g/mol. The Bertz CT molecular complexity index is 824. The third kappa shape index (κ3) is 3.11. The Morgan fingerprint density at radius 1 is 1.22 bits per heavy atom. The molecule has 1 atom stereocenters. The maximum atomic E-state index is 6.07. The molecular weight excluding hydrogens is 331 g/mol. The van der Waals surface area contributed by atoms with E-state index in [0.717, 1.165) is 28.8 Å². The molecule has 0 aliphatic heterocycles. The minimum Gasteiger partial charge on any atom is -0.357 e. The van der Waals surface area contributed by atoms with Crippen molar-refractivity contribution in [1.29, 1.82) is 0 Å². The number of hydrogen-bond donors (Lipinski definition) is 2. The summed E-state index contributed by atoms with van der Waals surface area (Å²) in [7, 11) is 1.98. The molecule has 3 aromatic rings. The number of halogens is 2. The first-order chi connectivity index (χ1) is 10.9. The molecule has 0 bridgehead atoms. The van der Waals surface area contributed by atoms with Crippen LogP contribution in [0.1, 0.15) is 35.6 Å². The van der Waals surface area contributed by atoms with Crippen LogP contribution in [0.3, 0.4) is 0 Å². The first-order valence-corrected chi connectivity index (χ1v) is 8.32. The molecule has 0 unspecified atom stereocenters. The van der Waals surface area contributed by atoms with Crippen LogP contribution >= 0.6 is 23.2 Å². The Morgan fingerprint density at radius 3 is 2.57 bits per heavy atom. The zero-order valence-electron chi connectivity index (χ0n) is 13.7. The zero-order chi connectivity index (χ0) is 16.7. The van der Waals surface area contributed by atoms with Crippen LogP contribution in [-0.2, 0) is 13.6 Å². The highest BCUT2D eigenvalue weighted by atomic mass is 35.5. The molecule has 0 saturated carbocycles. The van der Waals surface area contributed by atoms with Gasteiger partial charge in [0.05, 0.1) is 15.7 Å². The van der Waals surface area contributed by atoms with Crippen LogP contribution in [0.25, 0.3) is 10.9 Å². The van der Waals surface area contributed by atoms with E-state index in [1.165, 1.54) is 11.3 Å². The second-order valence-corrected chi connectivity index (χ2v) is 6.77. The van der Waals surface area contributed by atoms with Gasteiger partial charge in [-0.3, -0.25) is 4.68 Å². The molecule has 0 aliphatic rings. The highest BCUT2D eigenvalue weighted by Gasteiger charge is 2.16. The Morgan fingerprint density at radius 2 is 1.91 bits per heavy atom. The van der Waals surface area contributed by atoms with Crippen molar-refractivity contribution in [1.82, 2.24) is 20.1 Å². The van der Waals surface area contributed by atoms with Crippen LogP contribution in [-0.4, -0.2) is 14.8 Å². The largest absolute Gasteiger partial charge is 0.357 e. The van der Waals surface area contributed by atoms with Gasteiger partial charge in [-0.2, -0.15) is 5.10 Å². The van der Waals surface area contributed by atoms with Crippen molar-refractivity contribution in [2.24, 2.45) is 7.05 Å². The molecule has 23 heavy (non-hydrogen) atoms. The normalized spacial score (nSPS) is 13.0. The lowest BCUT2D eigenvalue weighted by Crippen LogP contribution is -2.19. The molecule has 6 heteroatoms. The van der Waals surface area contributed by atoms with Crippen molar-refractivity contribution in [2.75, 3.05) is 0 Å². The first-order valence-electron chi connectivity index (χ1n) is 7.57. The minimum atomic E-state index is 0.224. The number of H-pyrrole nitrogens is 1. The number of aromatic amines is 1. The van der Waals surface area contributed by atoms with Gasteiger partial charge in [0, 0.05) is 47.5 Å². The van der Waals surface area contributed by atoms with Crippen LogP contribution in [0, 0.1) is 13.8 Å². The topological polar surface area (TPSA) is 45.6 Å². The van der Waals surface area contributed by atoms with E-state index in [-0.39, 0.29) is 6.04 Å². The minimum absolute atomic E-state index is 0.224. The third-order valence-electron chi connectivity index (χ3n) is 4.31. The van der Waals surface area contributed by atoms with Crippen LogP contribution in [0.5, 0.6) is 0 Å². The van der Waals surface area contributed by atoms with E-state index >= 15 is 0 Å². The Balaban J connectivity index is 1.77. The Labute approximate surface area is 145 Å². The molecule has 2 heterocycles. The summed E-state index contributed by atoms with van der Waals surface area (Å²) in [5.41, 5.74) is 5.62. The van der Waals surface area contributed by atoms with Gasteiger partial charge in [0.2, 0.25) is 0 Å². The summed E-state index contributed by atoms with van der Waals surface area (Å²) in [6, 6.07) is 6.07. The summed E-state index contributed by atoms with van der Waals surface area (Å²) in [5.74, 6) is 0. The number of benzene rings is 1. The fraction of sp³-hybridized carbons (Fsp3) is 0.353. The molecular formula is C17H20Cl2N4. The van der Waals surface area contributed by atoms with E-state index in [2.05, 4.69) is 35.3 Å². The van der Waals surface area contributed by atoms with E-state index < -0.39 is 0 Å². The van der Waals surface area contributed by atoms with Gasteiger partial charge in [0.25, 0.3) is 0 Å². The van der Waals surface area contributed by atoms with Crippen LogP contribution in [0.15, 0.2) is 18.2 Å². The molecule has 1 aromatic carbocycles. The molecule has 0 radical (unpaired) electrons. The standard InChI is InChI=1S/C17H20Cl2N4/c1-9(17-10(2)22-23(4)11(17)3)20-8-13-5-12-6-14(18)15(19)7-16(12)21-13/h5-7,9,20-21H,8H2,1-4H3/t9-/m1/s1. The highest BCUT2D eigenvalue weighted by Crippen LogP contribution is 2.28. The molecule has 2 N–H and O–H groups in total. The van der Waals surface area contributed by atoms with Crippen molar-refractivity contribution < 1.29 is 0 Å². The van der Waals surface area contributed by atoms with Crippen molar-refractivity contribution in [2.45, 2.75) is 33.4 Å². The number of aryl methyl sites for hydroxylation is 2. The lowest BCUT2D eigenvalue weighted by Gasteiger charge is -2.14. The predicted octanol–water partition coefficient (Wildman–Crippen LogP) is 4.68. The quantitative estimate of drug-likeness (QED) is 0.717. The van der Waals surface area contributed by atoms with E-state index in [1.807, 2.05) is 30.8 Å². The summed E-state index contributed by atoms with van der Waals surface area (Å²) in [6.07, 6.45) is 0. The summed E-state index contributed by atoms with van der Waals surface area (Å²) < 4.78 is 1.93. The van der Waals surface area contributed by atoms with Crippen LogP contribution in [0.2, 0.25) is 10.0 Å². The molecule has 3 rings (SSSR count). The zero-order valence-corrected chi connectivity index (χ0v) is 15.2. The van der Waals surface area contributed by atoms with Gasteiger partial charge in [-0.05, 0) is 39.0 Å². The van der Waals surface area contributed by atoms with Gasteiger partial charge in [0.15, 0.2) is 0 Å². The number of aromatic nitrogens is 3. The summed E-state index contributed by atoms with van der Waals surface area (Å²) in [5, 5.41) is 10.2. The number of nitrogens with zero attached hydrogens (tertiary/aromatic N) is 2. The number of nitrogens with one attached hydrogen (secondary N) is 2. The fourth-order valence-electron chi connectivity index (χ4n) is 3.06.